The van der Waals surface area contributed by atoms with Crippen molar-refractivity contribution in [2.75, 3.05) is 10.5 Å². The van der Waals surface area contributed by atoms with Crippen LogP contribution in [0.4, 0.5) is 5.82 Å². The predicted octanol–water partition coefficient (Wildman–Crippen LogP) is 0.0534. The molecule has 0 aliphatic heterocycles. The number of aryl methyl sites for hydroxylation is 1. The topological polar surface area (TPSA) is 87.8 Å². The summed E-state index contributed by atoms with van der Waals surface area (Å²) in [6.45, 7) is 1.51. The van der Waals surface area contributed by atoms with E-state index in [1.54, 1.807) is 7.05 Å². The molecule has 1 heterocycles. The molecule has 0 bridgehead atoms. The third-order valence-electron chi connectivity index (χ3n) is 1.58. The molecule has 7 heteroatoms. The molecule has 0 saturated carbocycles. The van der Waals surface area contributed by atoms with E-state index in [2.05, 4.69) is 9.82 Å². The van der Waals surface area contributed by atoms with Crippen molar-refractivity contribution in [2.45, 2.75) is 6.92 Å². The van der Waals surface area contributed by atoms with Gasteiger partial charge in [-0.25, -0.2) is 8.42 Å². The number of nitriles is 1. The van der Waals surface area contributed by atoms with Crippen LogP contribution in [0.25, 0.3) is 0 Å². The fourth-order valence-electron chi connectivity index (χ4n) is 0.865. The highest BCUT2D eigenvalue weighted by molar-refractivity contribution is 7.92. The summed E-state index contributed by atoms with van der Waals surface area (Å²) in [5.74, 6) is 0.0332. The monoisotopic (exact) mass is 214 g/mol. The maximum Gasteiger partial charge on any atom is 0.233 e. The molecule has 76 valence electrons. The summed E-state index contributed by atoms with van der Waals surface area (Å²) in [6, 6.07) is 1.85. The lowest BCUT2D eigenvalue weighted by atomic mass is 10.4. The standard InChI is InChI=1S/C7H10N4O2S/c1-3-14(12,13)10-7-6(4-8)5-11(2)9-7/h5H,3H2,1-2H3,(H,9,10). The van der Waals surface area contributed by atoms with E-state index >= 15 is 0 Å². The number of rotatable bonds is 3. The Morgan fingerprint density at radius 2 is 2.36 bits per heavy atom. The van der Waals surface area contributed by atoms with Gasteiger partial charge in [0.2, 0.25) is 10.0 Å². The van der Waals surface area contributed by atoms with Crippen LogP contribution in [-0.2, 0) is 17.1 Å². The number of hydrogen-bond donors (Lipinski definition) is 1. The molecule has 1 aromatic rings. The summed E-state index contributed by atoms with van der Waals surface area (Å²) in [5, 5.41) is 12.5. The molecule has 0 unspecified atom stereocenters. The summed E-state index contributed by atoms with van der Waals surface area (Å²) in [4.78, 5) is 0. The second-order valence-corrected chi connectivity index (χ2v) is 4.69. The summed E-state index contributed by atoms with van der Waals surface area (Å²) in [6.07, 6.45) is 1.45. The van der Waals surface area contributed by atoms with Gasteiger partial charge in [0.25, 0.3) is 0 Å². The molecular weight excluding hydrogens is 204 g/mol. The van der Waals surface area contributed by atoms with Crippen molar-refractivity contribution in [1.29, 1.82) is 5.26 Å². The Balaban J connectivity index is 3.04. The normalized spacial score (nSPS) is 10.9. The number of nitrogens with zero attached hydrogens (tertiary/aromatic N) is 3. The molecular formula is C7H10N4O2S. The Hall–Kier alpha value is -1.55. The third kappa shape index (κ3) is 2.23. The van der Waals surface area contributed by atoms with Crippen LogP contribution in [0.3, 0.4) is 0 Å². The highest BCUT2D eigenvalue weighted by Crippen LogP contribution is 2.12. The zero-order valence-electron chi connectivity index (χ0n) is 7.85. The molecule has 0 atom stereocenters. The molecule has 0 fully saturated rings. The van der Waals surface area contributed by atoms with Gasteiger partial charge in [-0.3, -0.25) is 9.40 Å². The lowest BCUT2D eigenvalue weighted by molar-refractivity contribution is 0.602. The van der Waals surface area contributed by atoms with Crippen molar-refractivity contribution >= 4 is 15.8 Å². The Labute approximate surface area is 82.2 Å². The number of anilines is 1. The molecule has 0 aliphatic rings. The second-order valence-electron chi connectivity index (χ2n) is 2.68. The molecule has 0 amide bonds. The zero-order valence-corrected chi connectivity index (χ0v) is 8.67. The molecule has 0 spiro atoms. The number of hydrogen-bond acceptors (Lipinski definition) is 4. The lowest BCUT2D eigenvalue weighted by Gasteiger charge is -2.01. The van der Waals surface area contributed by atoms with Crippen molar-refractivity contribution in [1.82, 2.24) is 9.78 Å². The van der Waals surface area contributed by atoms with E-state index in [0.717, 1.165) is 0 Å². The van der Waals surface area contributed by atoms with Gasteiger partial charge in [0.1, 0.15) is 11.6 Å². The van der Waals surface area contributed by atoms with E-state index in [-0.39, 0.29) is 17.1 Å². The van der Waals surface area contributed by atoms with Gasteiger partial charge in [-0.1, -0.05) is 0 Å². The van der Waals surface area contributed by atoms with Crippen LogP contribution in [0.2, 0.25) is 0 Å². The SMILES string of the molecule is CCS(=O)(=O)Nc1nn(C)cc1C#N. The first-order valence-corrected chi connectivity index (χ1v) is 5.58. The van der Waals surface area contributed by atoms with Crippen molar-refractivity contribution < 1.29 is 8.42 Å². The number of aromatic nitrogens is 2. The number of sulfonamides is 1. The fourth-order valence-corrected chi connectivity index (χ4v) is 1.45. The van der Waals surface area contributed by atoms with Gasteiger partial charge in [0.15, 0.2) is 5.82 Å². The molecule has 14 heavy (non-hydrogen) atoms. The minimum Gasteiger partial charge on any atom is -0.272 e. The molecule has 0 aromatic carbocycles. The van der Waals surface area contributed by atoms with E-state index in [1.165, 1.54) is 17.8 Å². The number of nitrogens with one attached hydrogen (secondary N) is 1. The fraction of sp³-hybridized carbons (Fsp3) is 0.429. The van der Waals surface area contributed by atoms with Gasteiger partial charge in [-0.2, -0.15) is 10.4 Å². The van der Waals surface area contributed by atoms with E-state index < -0.39 is 10.0 Å². The second kappa shape index (κ2) is 3.67. The van der Waals surface area contributed by atoms with Crippen LogP contribution >= 0.6 is 0 Å². The quantitative estimate of drug-likeness (QED) is 0.770. The Morgan fingerprint density at radius 1 is 1.71 bits per heavy atom. The summed E-state index contributed by atoms with van der Waals surface area (Å²) in [7, 11) is -1.75. The summed E-state index contributed by atoms with van der Waals surface area (Å²) >= 11 is 0. The summed E-state index contributed by atoms with van der Waals surface area (Å²) in [5.41, 5.74) is 0.213. The van der Waals surface area contributed by atoms with Crippen molar-refractivity contribution in [3.63, 3.8) is 0 Å². The van der Waals surface area contributed by atoms with Crippen LogP contribution in [0, 0.1) is 11.3 Å². The first kappa shape index (κ1) is 10.5. The molecule has 0 saturated heterocycles. The zero-order chi connectivity index (χ0) is 10.8. The van der Waals surface area contributed by atoms with Gasteiger partial charge in [0, 0.05) is 13.2 Å². The summed E-state index contributed by atoms with van der Waals surface area (Å²) < 4.78 is 26.0. The van der Waals surface area contributed by atoms with E-state index in [1.807, 2.05) is 6.07 Å². The van der Waals surface area contributed by atoms with Crippen molar-refractivity contribution in [3.8, 4) is 6.07 Å². The third-order valence-corrected chi connectivity index (χ3v) is 2.85. The van der Waals surface area contributed by atoms with Crippen molar-refractivity contribution in [2.24, 2.45) is 7.05 Å². The average Bonchev–Trinajstić information content (AvgIpc) is 2.45. The van der Waals surface area contributed by atoms with Gasteiger partial charge < -0.3 is 0 Å². The largest absolute Gasteiger partial charge is 0.272 e. The Bertz CT molecular complexity index is 468. The molecule has 6 nitrogen and oxygen atoms in total. The highest BCUT2D eigenvalue weighted by atomic mass is 32.2. The minimum atomic E-state index is -3.37. The Morgan fingerprint density at radius 3 is 2.86 bits per heavy atom. The highest BCUT2D eigenvalue weighted by Gasteiger charge is 2.13. The van der Waals surface area contributed by atoms with Crippen LogP contribution in [0.5, 0.6) is 0 Å². The van der Waals surface area contributed by atoms with E-state index in [4.69, 9.17) is 5.26 Å². The van der Waals surface area contributed by atoms with E-state index in [9.17, 15) is 8.42 Å². The van der Waals surface area contributed by atoms with Gasteiger partial charge in [-0.05, 0) is 6.92 Å². The molecule has 0 aliphatic carbocycles. The average molecular weight is 214 g/mol. The maximum absolute atomic E-state index is 11.2. The van der Waals surface area contributed by atoms with Gasteiger partial charge in [0.05, 0.1) is 5.75 Å². The van der Waals surface area contributed by atoms with Crippen LogP contribution in [0.1, 0.15) is 12.5 Å². The molecule has 1 aromatic heterocycles. The predicted molar refractivity (Wildman–Crippen MR) is 51.0 cm³/mol. The maximum atomic E-state index is 11.2. The molecule has 1 N–H and O–H groups in total. The van der Waals surface area contributed by atoms with Gasteiger partial charge >= 0.3 is 0 Å². The Kier molecular flexibility index (Phi) is 2.76. The van der Waals surface area contributed by atoms with Crippen LogP contribution in [-0.4, -0.2) is 24.0 Å². The first-order chi connectivity index (χ1) is 6.48. The lowest BCUT2D eigenvalue weighted by Crippen LogP contribution is -2.15. The van der Waals surface area contributed by atoms with Crippen molar-refractivity contribution in [3.05, 3.63) is 11.8 Å². The minimum absolute atomic E-state index is 0.0472. The smallest absolute Gasteiger partial charge is 0.233 e. The molecule has 1 rings (SSSR count). The van der Waals surface area contributed by atoms with Crippen LogP contribution < -0.4 is 4.72 Å². The molecule has 0 radical (unpaired) electrons. The van der Waals surface area contributed by atoms with E-state index in [0.29, 0.717) is 0 Å². The van der Waals surface area contributed by atoms with Crippen LogP contribution in [0.15, 0.2) is 6.20 Å². The first-order valence-electron chi connectivity index (χ1n) is 3.92. The van der Waals surface area contributed by atoms with Gasteiger partial charge in [-0.15, -0.1) is 0 Å².